The molecule has 2 fully saturated rings. The van der Waals surface area contributed by atoms with Crippen molar-refractivity contribution in [1.29, 1.82) is 0 Å². The van der Waals surface area contributed by atoms with Crippen molar-refractivity contribution in [2.45, 2.75) is 44.8 Å². The molecule has 0 spiro atoms. The van der Waals surface area contributed by atoms with E-state index in [-0.39, 0.29) is 6.10 Å². The number of hydrogen-bond acceptors (Lipinski definition) is 5. The average Bonchev–Trinajstić information content (AvgIpc) is 2.69. The van der Waals surface area contributed by atoms with Crippen molar-refractivity contribution in [3.63, 3.8) is 0 Å². The molecule has 2 saturated heterocycles. The number of hydrogen-bond donors (Lipinski definition) is 1. The summed E-state index contributed by atoms with van der Waals surface area (Å²) < 4.78 is 5.98. The molecule has 1 aromatic heterocycles. The molecule has 5 heteroatoms. The van der Waals surface area contributed by atoms with E-state index >= 15 is 0 Å². The van der Waals surface area contributed by atoms with Gasteiger partial charge in [0.15, 0.2) is 0 Å². The van der Waals surface area contributed by atoms with E-state index in [0.29, 0.717) is 6.04 Å². The molecule has 2 aliphatic heterocycles. The predicted octanol–water partition coefficient (Wildman–Crippen LogP) is 4.05. The van der Waals surface area contributed by atoms with Crippen LogP contribution in [0.3, 0.4) is 0 Å². The first-order chi connectivity index (χ1) is 12.8. The molecule has 5 nitrogen and oxygen atoms in total. The highest BCUT2D eigenvalue weighted by molar-refractivity contribution is 5.49. The van der Waals surface area contributed by atoms with E-state index in [1.807, 2.05) is 6.07 Å². The van der Waals surface area contributed by atoms with Crippen molar-refractivity contribution in [2.24, 2.45) is 5.92 Å². The molecule has 0 saturated carbocycles. The van der Waals surface area contributed by atoms with Gasteiger partial charge in [-0.05, 0) is 37.2 Å². The van der Waals surface area contributed by atoms with Crippen LogP contribution in [0.1, 0.15) is 44.3 Å². The summed E-state index contributed by atoms with van der Waals surface area (Å²) in [4.78, 5) is 11.3. The number of benzene rings is 1. The lowest BCUT2D eigenvalue weighted by atomic mass is 9.97. The Labute approximate surface area is 155 Å². The normalized spacial score (nSPS) is 26.5. The monoisotopic (exact) mass is 352 g/mol. The van der Waals surface area contributed by atoms with Crippen molar-refractivity contribution in [1.82, 2.24) is 9.97 Å². The Morgan fingerprint density at radius 2 is 2.04 bits per heavy atom. The molecule has 138 valence electrons. The first-order valence-electron chi connectivity index (χ1n) is 9.78. The SMILES string of the molecule is CC1CCCN(c2cc(NC3CCOC(c4ccccc4)C3)ncn2)C1. The fourth-order valence-corrected chi connectivity index (χ4v) is 4.03. The van der Waals surface area contributed by atoms with Crippen molar-refractivity contribution >= 4 is 11.6 Å². The summed E-state index contributed by atoms with van der Waals surface area (Å²) in [7, 11) is 0. The summed E-state index contributed by atoms with van der Waals surface area (Å²) in [5, 5.41) is 3.61. The van der Waals surface area contributed by atoms with E-state index < -0.39 is 0 Å². The van der Waals surface area contributed by atoms with Gasteiger partial charge in [0.25, 0.3) is 0 Å². The average molecular weight is 352 g/mol. The largest absolute Gasteiger partial charge is 0.373 e. The molecule has 26 heavy (non-hydrogen) atoms. The van der Waals surface area contributed by atoms with Crippen LogP contribution in [0, 0.1) is 5.92 Å². The minimum Gasteiger partial charge on any atom is -0.373 e. The molecular weight excluding hydrogens is 324 g/mol. The summed E-state index contributed by atoms with van der Waals surface area (Å²) in [6.45, 7) is 5.27. The van der Waals surface area contributed by atoms with Gasteiger partial charge in [-0.1, -0.05) is 37.3 Å². The molecule has 1 N–H and O–H groups in total. The van der Waals surface area contributed by atoms with E-state index in [9.17, 15) is 0 Å². The summed E-state index contributed by atoms with van der Waals surface area (Å²) in [5.41, 5.74) is 1.25. The van der Waals surface area contributed by atoms with Crippen LogP contribution in [0.25, 0.3) is 0 Å². The number of nitrogens with one attached hydrogen (secondary N) is 1. The topological polar surface area (TPSA) is 50.3 Å². The standard InChI is InChI=1S/C21H28N4O/c1-16-6-5-10-25(14-16)21-13-20(22-15-23-21)24-18-9-11-26-19(12-18)17-7-3-2-4-8-17/h2-4,7-8,13,15-16,18-19H,5-6,9-12,14H2,1H3,(H,22,23,24). The molecule has 2 aromatic rings. The fourth-order valence-electron chi connectivity index (χ4n) is 4.03. The van der Waals surface area contributed by atoms with Gasteiger partial charge in [0.2, 0.25) is 0 Å². The lowest BCUT2D eigenvalue weighted by Crippen LogP contribution is -2.35. The molecule has 3 unspecified atom stereocenters. The van der Waals surface area contributed by atoms with Crippen LogP contribution in [0.2, 0.25) is 0 Å². The maximum atomic E-state index is 5.98. The van der Waals surface area contributed by atoms with Crippen LogP contribution in [0.5, 0.6) is 0 Å². The Kier molecular flexibility index (Phi) is 5.34. The Balaban J connectivity index is 1.41. The van der Waals surface area contributed by atoms with Crippen LogP contribution in [0.4, 0.5) is 11.6 Å². The van der Waals surface area contributed by atoms with Crippen LogP contribution >= 0.6 is 0 Å². The predicted molar refractivity (Wildman–Crippen MR) is 104 cm³/mol. The maximum absolute atomic E-state index is 5.98. The lowest BCUT2D eigenvalue weighted by Gasteiger charge is -2.33. The number of ether oxygens (including phenoxy) is 1. The van der Waals surface area contributed by atoms with Gasteiger partial charge in [0.05, 0.1) is 6.10 Å². The molecule has 2 aliphatic rings. The summed E-state index contributed by atoms with van der Waals surface area (Å²) in [6.07, 6.45) is 6.37. The minimum atomic E-state index is 0.159. The molecule has 3 heterocycles. The zero-order valence-corrected chi connectivity index (χ0v) is 15.5. The molecule has 0 aliphatic carbocycles. The molecule has 1 aromatic carbocycles. The van der Waals surface area contributed by atoms with Gasteiger partial charge >= 0.3 is 0 Å². The third kappa shape index (κ3) is 4.15. The smallest absolute Gasteiger partial charge is 0.134 e. The Morgan fingerprint density at radius 3 is 2.88 bits per heavy atom. The Morgan fingerprint density at radius 1 is 1.15 bits per heavy atom. The van der Waals surface area contributed by atoms with E-state index in [2.05, 4.69) is 57.4 Å². The highest BCUT2D eigenvalue weighted by Crippen LogP contribution is 2.30. The van der Waals surface area contributed by atoms with Gasteiger partial charge in [-0.15, -0.1) is 0 Å². The zero-order valence-electron chi connectivity index (χ0n) is 15.5. The maximum Gasteiger partial charge on any atom is 0.134 e. The number of rotatable bonds is 4. The van der Waals surface area contributed by atoms with Crippen LogP contribution < -0.4 is 10.2 Å². The highest BCUT2D eigenvalue weighted by atomic mass is 16.5. The van der Waals surface area contributed by atoms with E-state index in [0.717, 1.165) is 50.1 Å². The number of piperidine rings is 1. The fraction of sp³-hybridized carbons (Fsp3) is 0.524. The van der Waals surface area contributed by atoms with Gasteiger partial charge in [-0.25, -0.2) is 9.97 Å². The Bertz CT molecular complexity index is 708. The second-order valence-corrected chi connectivity index (χ2v) is 7.59. The molecule has 0 amide bonds. The van der Waals surface area contributed by atoms with Crippen LogP contribution in [-0.2, 0) is 4.74 Å². The molecule has 3 atom stereocenters. The van der Waals surface area contributed by atoms with Crippen molar-refractivity contribution < 1.29 is 4.74 Å². The molecule has 0 bridgehead atoms. The first-order valence-corrected chi connectivity index (χ1v) is 9.78. The van der Waals surface area contributed by atoms with Crippen molar-refractivity contribution in [3.8, 4) is 0 Å². The van der Waals surface area contributed by atoms with E-state index in [4.69, 9.17) is 4.74 Å². The summed E-state index contributed by atoms with van der Waals surface area (Å²) >= 11 is 0. The zero-order chi connectivity index (χ0) is 17.8. The quantitative estimate of drug-likeness (QED) is 0.900. The molecular formula is C21H28N4O. The number of anilines is 2. The Hall–Kier alpha value is -2.14. The van der Waals surface area contributed by atoms with Crippen LogP contribution in [-0.4, -0.2) is 35.7 Å². The third-order valence-corrected chi connectivity index (χ3v) is 5.44. The van der Waals surface area contributed by atoms with E-state index in [1.165, 1.54) is 18.4 Å². The van der Waals surface area contributed by atoms with Gasteiger partial charge in [0.1, 0.15) is 18.0 Å². The summed E-state index contributed by atoms with van der Waals surface area (Å²) in [6, 6.07) is 13.0. The van der Waals surface area contributed by atoms with Crippen molar-refractivity contribution in [3.05, 3.63) is 48.3 Å². The van der Waals surface area contributed by atoms with Gasteiger partial charge in [0, 0.05) is 31.8 Å². The lowest BCUT2D eigenvalue weighted by molar-refractivity contribution is 0.00974. The second-order valence-electron chi connectivity index (χ2n) is 7.59. The van der Waals surface area contributed by atoms with E-state index in [1.54, 1.807) is 6.33 Å². The molecule has 4 rings (SSSR count). The third-order valence-electron chi connectivity index (χ3n) is 5.44. The molecule has 0 radical (unpaired) electrons. The first kappa shape index (κ1) is 17.3. The van der Waals surface area contributed by atoms with Gasteiger partial charge in [-0.2, -0.15) is 0 Å². The minimum absolute atomic E-state index is 0.159. The highest BCUT2D eigenvalue weighted by Gasteiger charge is 2.24. The number of nitrogens with zero attached hydrogens (tertiary/aromatic N) is 3. The number of aromatic nitrogens is 2. The second kappa shape index (κ2) is 8.04. The summed E-state index contributed by atoms with van der Waals surface area (Å²) in [5.74, 6) is 2.70. The van der Waals surface area contributed by atoms with Gasteiger partial charge in [-0.3, -0.25) is 0 Å². The van der Waals surface area contributed by atoms with Gasteiger partial charge < -0.3 is 15.0 Å². The van der Waals surface area contributed by atoms with Crippen molar-refractivity contribution in [2.75, 3.05) is 29.9 Å². The van der Waals surface area contributed by atoms with Crippen LogP contribution in [0.15, 0.2) is 42.7 Å².